The van der Waals surface area contributed by atoms with Crippen LogP contribution in [0, 0.1) is 0 Å². The largest absolute Gasteiger partial charge is 0.493 e. The minimum absolute atomic E-state index is 0.286. The van der Waals surface area contributed by atoms with Crippen molar-refractivity contribution in [2.45, 2.75) is 25.8 Å². The lowest BCUT2D eigenvalue weighted by atomic mass is 9.88. The number of aromatic nitrogens is 1. The molecule has 0 aliphatic carbocycles. The average Bonchev–Trinajstić information content (AvgIpc) is 2.64. The minimum atomic E-state index is -0.312. The van der Waals surface area contributed by atoms with Crippen LogP contribution in [0.5, 0.6) is 11.5 Å². The first-order valence-electron chi connectivity index (χ1n) is 8.25. The van der Waals surface area contributed by atoms with Crippen molar-refractivity contribution in [1.29, 1.82) is 0 Å². The van der Waals surface area contributed by atoms with Gasteiger partial charge in [-0.25, -0.2) is 0 Å². The molecule has 7 nitrogen and oxygen atoms in total. The molecule has 1 aliphatic heterocycles. The van der Waals surface area contributed by atoms with Gasteiger partial charge < -0.3 is 9.47 Å². The highest BCUT2D eigenvalue weighted by Gasteiger charge is 2.28. The van der Waals surface area contributed by atoms with Crippen molar-refractivity contribution in [2.24, 2.45) is 4.99 Å². The summed E-state index contributed by atoms with van der Waals surface area (Å²) in [6.07, 6.45) is 3.88. The van der Waals surface area contributed by atoms with Crippen LogP contribution in [0.1, 0.15) is 35.3 Å². The highest BCUT2D eigenvalue weighted by Crippen LogP contribution is 2.35. The predicted octanol–water partition coefficient (Wildman–Crippen LogP) is 2.11. The number of nitrogens with zero attached hydrogens (tertiary/aromatic N) is 2. The average molecular weight is 354 g/mol. The lowest BCUT2D eigenvalue weighted by Gasteiger charge is -2.30. The predicted molar refractivity (Wildman–Crippen MR) is 98.7 cm³/mol. The Balaban J connectivity index is 1.89. The maximum absolute atomic E-state index is 12.3. The van der Waals surface area contributed by atoms with Crippen molar-refractivity contribution in [3.8, 4) is 11.5 Å². The van der Waals surface area contributed by atoms with E-state index in [1.807, 2.05) is 26.0 Å². The third-order valence-corrected chi connectivity index (χ3v) is 4.12. The molecule has 26 heavy (non-hydrogen) atoms. The van der Waals surface area contributed by atoms with Crippen LogP contribution in [0.4, 0.5) is 0 Å². The number of aliphatic imine (C=N–C) groups is 1. The van der Waals surface area contributed by atoms with Gasteiger partial charge in [-0.2, -0.15) is 0 Å². The first-order chi connectivity index (χ1) is 12.4. The SMILES string of the molecule is COc1cc2c(cc1OC)C(NNC(=O)c1cccnc1)=NC(C)(C)C2. The third-order valence-electron chi connectivity index (χ3n) is 4.12. The molecule has 1 aliphatic rings. The number of amidine groups is 1. The molecular weight excluding hydrogens is 332 g/mol. The maximum Gasteiger partial charge on any atom is 0.271 e. The molecule has 0 radical (unpaired) electrons. The second-order valence-corrected chi connectivity index (χ2v) is 6.63. The number of carbonyl (C=O) groups excluding carboxylic acids is 1. The number of fused-ring (bicyclic) bond motifs is 1. The van der Waals surface area contributed by atoms with Crippen LogP contribution in [0.15, 0.2) is 41.7 Å². The Labute approximate surface area is 152 Å². The van der Waals surface area contributed by atoms with Crippen LogP contribution < -0.4 is 20.3 Å². The summed E-state index contributed by atoms with van der Waals surface area (Å²) in [5.41, 5.74) is 7.72. The quantitative estimate of drug-likeness (QED) is 0.825. The molecule has 136 valence electrons. The number of pyridine rings is 1. The van der Waals surface area contributed by atoms with Crippen molar-refractivity contribution in [1.82, 2.24) is 15.8 Å². The van der Waals surface area contributed by atoms with E-state index in [2.05, 4.69) is 15.8 Å². The molecule has 1 aromatic heterocycles. The molecule has 0 fully saturated rings. The topological polar surface area (TPSA) is 84.8 Å². The maximum atomic E-state index is 12.3. The first-order valence-corrected chi connectivity index (χ1v) is 8.25. The Morgan fingerprint density at radius 2 is 1.92 bits per heavy atom. The molecule has 0 unspecified atom stereocenters. The van der Waals surface area contributed by atoms with Crippen LogP contribution in [-0.2, 0) is 6.42 Å². The van der Waals surface area contributed by atoms with E-state index in [0.29, 0.717) is 22.9 Å². The van der Waals surface area contributed by atoms with E-state index >= 15 is 0 Å². The number of hydrogen-bond donors (Lipinski definition) is 2. The fraction of sp³-hybridized carbons (Fsp3) is 0.316. The molecule has 2 aromatic rings. The molecule has 2 N–H and O–H groups in total. The van der Waals surface area contributed by atoms with Crippen molar-refractivity contribution in [3.05, 3.63) is 53.3 Å². The molecule has 1 amide bonds. The zero-order chi connectivity index (χ0) is 18.7. The van der Waals surface area contributed by atoms with E-state index in [1.54, 1.807) is 32.5 Å². The number of methoxy groups -OCH3 is 2. The molecule has 0 saturated carbocycles. The van der Waals surface area contributed by atoms with Crippen LogP contribution in [-0.4, -0.2) is 36.5 Å². The summed E-state index contributed by atoms with van der Waals surface area (Å²) in [5.74, 6) is 1.57. The van der Waals surface area contributed by atoms with Gasteiger partial charge in [0.15, 0.2) is 11.5 Å². The highest BCUT2D eigenvalue weighted by atomic mass is 16.5. The summed E-state index contributed by atoms with van der Waals surface area (Å²) >= 11 is 0. The van der Waals surface area contributed by atoms with Gasteiger partial charge in [-0.1, -0.05) is 0 Å². The van der Waals surface area contributed by atoms with Gasteiger partial charge in [0.1, 0.15) is 5.84 Å². The smallest absolute Gasteiger partial charge is 0.271 e. The molecule has 7 heteroatoms. The van der Waals surface area contributed by atoms with E-state index in [1.165, 1.54) is 6.20 Å². The Kier molecular flexibility index (Phi) is 4.79. The number of carbonyl (C=O) groups is 1. The number of hydrazine groups is 1. The van der Waals surface area contributed by atoms with Crippen LogP contribution in [0.2, 0.25) is 0 Å². The monoisotopic (exact) mass is 354 g/mol. The number of benzene rings is 1. The van der Waals surface area contributed by atoms with Gasteiger partial charge in [0.25, 0.3) is 5.91 Å². The zero-order valence-corrected chi connectivity index (χ0v) is 15.3. The number of ether oxygens (including phenoxy) is 2. The lowest BCUT2D eigenvalue weighted by Crippen LogP contribution is -2.45. The normalized spacial score (nSPS) is 14.7. The Morgan fingerprint density at radius 1 is 1.19 bits per heavy atom. The lowest BCUT2D eigenvalue weighted by molar-refractivity contribution is 0.0943. The molecule has 0 saturated heterocycles. The Bertz CT molecular complexity index is 847. The van der Waals surface area contributed by atoms with Gasteiger partial charge in [-0.3, -0.25) is 25.6 Å². The van der Waals surface area contributed by atoms with Gasteiger partial charge >= 0.3 is 0 Å². The van der Waals surface area contributed by atoms with E-state index in [9.17, 15) is 4.79 Å². The third kappa shape index (κ3) is 3.61. The van der Waals surface area contributed by atoms with Crippen molar-refractivity contribution >= 4 is 11.7 Å². The standard InChI is InChI=1S/C19H22N4O3/c1-19(2)10-13-8-15(25-3)16(26-4)9-14(13)17(21-19)22-23-18(24)12-6-5-7-20-11-12/h5-9,11H,10H2,1-4H3,(H,21,22)(H,23,24). The van der Waals surface area contributed by atoms with Crippen molar-refractivity contribution in [3.63, 3.8) is 0 Å². The highest BCUT2D eigenvalue weighted by molar-refractivity contribution is 6.04. The van der Waals surface area contributed by atoms with Crippen LogP contribution >= 0.6 is 0 Å². The number of nitrogens with one attached hydrogen (secondary N) is 2. The van der Waals surface area contributed by atoms with Gasteiger partial charge in [0.2, 0.25) is 0 Å². The summed E-state index contributed by atoms with van der Waals surface area (Å²) in [6.45, 7) is 4.08. The second-order valence-electron chi connectivity index (χ2n) is 6.63. The summed E-state index contributed by atoms with van der Waals surface area (Å²) < 4.78 is 10.8. The fourth-order valence-electron chi connectivity index (χ4n) is 2.94. The van der Waals surface area contributed by atoms with E-state index in [-0.39, 0.29) is 11.4 Å². The molecular formula is C19H22N4O3. The molecule has 1 aromatic carbocycles. The molecule has 0 spiro atoms. The van der Waals surface area contributed by atoms with Gasteiger partial charge in [0, 0.05) is 18.0 Å². The number of amides is 1. The van der Waals surface area contributed by atoms with E-state index < -0.39 is 0 Å². The summed E-state index contributed by atoms with van der Waals surface area (Å²) in [5, 5.41) is 0. The Hall–Kier alpha value is -3.09. The summed E-state index contributed by atoms with van der Waals surface area (Å²) in [4.78, 5) is 21.0. The van der Waals surface area contributed by atoms with Crippen LogP contribution in [0.25, 0.3) is 0 Å². The molecule has 2 heterocycles. The molecule has 0 atom stereocenters. The van der Waals surface area contributed by atoms with Crippen molar-refractivity contribution < 1.29 is 14.3 Å². The van der Waals surface area contributed by atoms with E-state index in [0.717, 1.165) is 17.5 Å². The number of hydrogen-bond acceptors (Lipinski definition) is 6. The van der Waals surface area contributed by atoms with Gasteiger partial charge in [-0.15, -0.1) is 0 Å². The zero-order valence-electron chi connectivity index (χ0n) is 15.3. The summed E-state index contributed by atoms with van der Waals surface area (Å²) in [6, 6.07) is 7.22. The molecule has 3 rings (SSSR count). The van der Waals surface area contributed by atoms with Crippen molar-refractivity contribution in [2.75, 3.05) is 14.2 Å². The van der Waals surface area contributed by atoms with Gasteiger partial charge in [-0.05, 0) is 50.1 Å². The molecule has 0 bridgehead atoms. The van der Waals surface area contributed by atoms with Gasteiger partial charge in [0.05, 0.1) is 25.3 Å². The first kappa shape index (κ1) is 17.7. The number of rotatable bonds is 3. The van der Waals surface area contributed by atoms with Crippen LogP contribution in [0.3, 0.4) is 0 Å². The van der Waals surface area contributed by atoms with E-state index in [4.69, 9.17) is 14.5 Å². The summed E-state index contributed by atoms with van der Waals surface area (Å²) in [7, 11) is 3.20. The Morgan fingerprint density at radius 3 is 2.58 bits per heavy atom. The fourth-order valence-corrected chi connectivity index (χ4v) is 2.94. The second kappa shape index (κ2) is 7.03. The minimum Gasteiger partial charge on any atom is -0.493 e.